The number of rotatable bonds is 8. The fraction of sp³-hybridized carbons (Fsp3) is 0.370. The van der Waals surface area contributed by atoms with Gasteiger partial charge >= 0.3 is 0 Å². The van der Waals surface area contributed by atoms with Crippen molar-refractivity contribution in [2.75, 3.05) is 44.4 Å². The molecule has 5 rings (SSSR count). The van der Waals surface area contributed by atoms with Crippen LogP contribution < -0.4 is 15.0 Å². The van der Waals surface area contributed by atoms with E-state index in [1.807, 2.05) is 29.2 Å². The number of nitrogens with zero attached hydrogens (tertiary/aromatic N) is 5. The molecule has 1 unspecified atom stereocenters. The maximum atomic E-state index is 13.3. The summed E-state index contributed by atoms with van der Waals surface area (Å²) in [5, 5.41) is 12.7. The molecule has 9 nitrogen and oxygen atoms in total. The highest BCUT2D eigenvalue weighted by atomic mass is 32.2. The summed E-state index contributed by atoms with van der Waals surface area (Å²) in [6.07, 6.45) is 2.17. The topological polar surface area (TPSA) is 111 Å². The Labute approximate surface area is 221 Å². The van der Waals surface area contributed by atoms with Gasteiger partial charge in [-0.15, -0.1) is 0 Å². The molecule has 2 aromatic carbocycles. The predicted molar refractivity (Wildman–Crippen MR) is 142 cm³/mol. The molecule has 1 N–H and O–H groups in total. The number of nitriles is 1. The van der Waals surface area contributed by atoms with E-state index in [4.69, 9.17) is 14.7 Å². The lowest BCUT2D eigenvalue weighted by Crippen LogP contribution is -2.48. The second-order valence-corrected chi connectivity index (χ2v) is 11.5. The standard InChI is InChI=1S/C27H29FN6O3S/c1-37-26-25(20-5-3-18(16-29)4-6-20)31-24(17-30-23-15-22(23)19-7-9-21(28)10-8-19)32-27(26)33-11-13-34(14-12-33)38(2,35)36/h3-10,22-23,30H,11-15,17H2,1-2H3/t22-,23?/m0/s1. The van der Waals surface area contributed by atoms with E-state index in [2.05, 4.69) is 11.4 Å². The maximum Gasteiger partial charge on any atom is 0.211 e. The van der Waals surface area contributed by atoms with Crippen molar-refractivity contribution < 1.29 is 17.5 Å². The normalized spacial score (nSPS) is 19.7. The van der Waals surface area contributed by atoms with Crippen LogP contribution in [-0.2, 0) is 16.6 Å². The van der Waals surface area contributed by atoms with E-state index in [-0.39, 0.29) is 11.9 Å². The largest absolute Gasteiger partial charge is 0.491 e. The molecule has 0 bridgehead atoms. The van der Waals surface area contributed by atoms with Crippen LogP contribution in [0.15, 0.2) is 48.5 Å². The number of hydrogen-bond acceptors (Lipinski definition) is 8. The molecule has 1 saturated carbocycles. The van der Waals surface area contributed by atoms with Crippen molar-refractivity contribution in [3.05, 3.63) is 71.3 Å². The van der Waals surface area contributed by atoms with Crippen LogP contribution in [0, 0.1) is 17.1 Å². The summed E-state index contributed by atoms with van der Waals surface area (Å²) in [7, 11) is -1.70. The Hall–Kier alpha value is -3.59. The Kier molecular flexibility index (Phi) is 7.29. The zero-order chi connectivity index (χ0) is 26.9. The van der Waals surface area contributed by atoms with Crippen LogP contribution in [0.25, 0.3) is 11.3 Å². The van der Waals surface area contributed by atoms with Crippen LogP contribution in [0.3, 0.4) is 0 Å². The molecule has 2 atom stereocenters. The van der Waals surface area contributed by atoms with E-state index in [0.717, 1.165) is 17.5 Å². The summed E-state index contributed by atoms with van der Waals surface area (Å²) in [4.78, 5) is 11.7. The van der Waals surface area contributed by atoms with E-state index in [1.54, 1.807) is 19.2 Å². The highest BCUT2D eigenvalue weighted by Gasteiger charge is 2.38. The van der Waals surface area contributed by atoms with Crippen molar-refractivity contribution in [2.24, 2.45) is 0 Å². The molecule has 0 radical (unpaired) electrons. The van der Waals surface area contributed by atoms with Crippen molar-refractivity contribution in [1.29, 1.82) is 5.26 Å². The van der Waals surface area contributed by atoms with Gasteiger partial charge in [0.2, 0.25) is 10.0 Å². The third-order valence-electron chi connectivity index (χ3n) is 7.00. The average Bonchev–Trinajstić information content (AvgIpc) is 3.71. The minimum atomic E-state index is -3.27. The maximum absolute atomic E-state index is 13.3. The van der Waals surface area contributed by atoms with Crippen molar-refractivity contribution in [1.82, 2.24) is 19.6 Å². The van der Waals surface area contributed by atoms with Crippen molar-refractivity contribution >= 4 is 15.8 Å². The molecule has 2 fully saturated rings. The highest BCUT2D eigenvalue weighted by molar-refractivity contribution is 7.88. The van der Waals surface area contributed by atoms with Crippen LogP contribution in [0.4, 0.5) is 10.2 Å². The number of benzene rings is 2. The molecule has 3 aromatic rings. The van der Waals surface area contributed by atoms with Gasteiger partial charge in [0.1, 0.15) is 17.3 Å². The molecule has 11 heteroatoms. The average molecular weight is 537 g/mol. The van der Waals surface area contributed by atoms with Crippen LogP contribution in [-0.4, -0.2) is 68.3 Å². The first kappa shape index (κ1) is 26.0. The van der Waals surface area contributed by atoms with Gasteiger partial charge in [-0.05, 0) is 36.2 Å². The van der Waals surface area contributed by atoms with Gasteiger partial charge in [0.25, 0.3) is 0 Å². The number of halogens is 1. The highest BCUT2D eigenvalue weighted by Crippen LogP contribution is 2.41. The first-order valence-corrected chi connectivity index (χ1v) is 14.3. The Balaban J connectivity index is 1.42. The fourth-order valence-corrected chi connectivity index (χ4v) is 5.64. The molecule has 38 heavy (non-hydrogen) atoms. The summed E-state index contributed by atoms with van der Waals surface area (Å²) in [6, 6.07) is 16.1. The Morgan fingerprint density at radius 1 is 1.08 bits per heavy atom. The van der Waals surface area contributed by atoms with Crippen LogP contribution in [0.5, 0.6) is 5.75 Å². The molecular weight excluding hydrogens is 507 g/mol. The minimum Gasteiger partial charge on any atom is -0.491 e. The fourth-order valence-electron chi connectivity index (χ4n) is 4.82. The number of ether oxygens (including phenoxy) is 1. The predicted octanol–water partition coefficient (Wildman–Crippen LogP) is 2.89. The minimum absolute atomic E-state index is 0.242. The molecule has 198 valence electrons. The van der Waals surface area contributed by atoms with E-state index in [1.165, 1.54) is 22.7 Å². The number of methoxy groups -OCH3 is 1. The van der Waals surface area contributed by atoms with Gasteiger partial charge in [-0.2, -0.15) is 9.57 Å². The van der Waals surface area contributed by atoms with Gasteiger partial charge in [0, 0.05) is 43.7 Å². The van der Waals surface area contributed by atoms with E-state index >= 15 is 0 Å². The quantitative estimate of drug-likeness (QED) is 0.468. The first-order chi connectivity index (χ1) is 18.3. The number of hydrogen-bond donors (Lipinski definition) is 1. The smallest absolute Gasteiger partial charge is 0.211 e. The molecule has 1 aliphatic carbocycles. The zero-order valence-electron chi connectivity index (χ0n) is 21.3. The summed E-state index contributed by atoms with van der Waals surface area (Å²) in [5.74, 6) is 1.76. The second-order valence-electron chi connectivity index (χ2n) is 9.56. The SMILES string of the molecule is COc1c(-c2ccc(C#N)cc2)nc(CNC2C[C@H]2c2ccc(F)cc2)nc1N1CCN(S(C)(=O)=O)CC1. The van der Waals surface area contributed by atoms with E-state index in [9.17, 15) is 18.1 Å². The van der Waals surface area contributed by atoms with Gasteiger partial charge in [-0.1, -0.05) is 24.3 Å². The molecule has 1 aliphatic heterocycles. The Bertz CT molecular complexity index is 1450. The third-order valence-corrected chi connectivity index (χ3v) is 8.31. The molecule has 1 saturated heterocycles. The lowest BCUT2D eigenvalue weighted by molar-refractivity contribution is 0.378. The zero-order valence-corrected chi connectivity index (χ0v) is 22.1. The van der Waals surface area contributed by atoms with Crippen LogP contribution in [0.1, 0.15) is 29.3 Å². The van der Waals surface area contributed by atoms with Crippen LogP contribution in [0.2, 0.25) is 0 Å². The van der Waals surface area contributed by atoms with Gasteiger partial charge in [-0.25, -0.2) is 22.8 Å². The van der Waals surface area contributed by atoms with Gasteiger partial charge in [0.15, 0.2) is 11.6 Å². The summed E-state index contributed by atoms with van der Waals surface area (Å²) in [6.45, 7) is 2.07. The van der Waals surface area contributed by atoms with Crippen LogP contribution >= 0.6 is 0 Å². The second kappa shape index (κ2) is 10.6. The monoisotopic (exact) mass is 536 g/mol. The molecule has 1 aromatic heterocycles. The number of piperazine rings is 1. The number of aromatic nitrogens is 2. The van der Waals surface area contributed by atoms with Crippen molar-refractivity contribution in [3.8, 4) is 23.1 Å². The Morgan fingerprint density at radius 3 is 2.37 bits per heavy atom. The number of nitrogens with one attached hydrogen (secondary N) is 1. The molecule has 2 aliphatic rings. The summed E-state index contributed by atoms with van der Waals surface area (Å²) >= 11 is 0. The lowest BCUT2D eigenvalue weighted by atomic mass is 10.1. The van der Waals surface area contributed by atoms with E-state index < -0.39 is 10.0 Å². The van der Waals surface area contributed by atoms with Gasteiger partial charge in [0.05, 0.1) is 31.5 Å². The number of sulfonamides is 1. The molecule has 2 heterocycles. The molecule has 0 amide bonds. The first-order valence-electron chi connectivity index (χ1n) is 12.4. The van der Waals surface area contributed by atoms with Gasteiger partial charge < -0.3 is 15.0 Å². The Morgan fingerprint density at radius 2 is 1.76 bits per heavy atom. The molecular formula is C27H29FN6O3S. The lowest BCUT2D eigenvalue weighted by Gasteiger charge is -2.35. The number of anilines is 1. The third kappa shape index (κ3) is 5.62. The van der Waals surface area contributed by atoms with Crippen molar-refractivity contribution in [2.45, 2.75) is 24.9 Å². The summed E-state index contributed by atoms with van der Waals surface area (Å²) in [5.41, 5.74) is 3.04. The van der Waals surface area contributed by atoms with Crippen molar-refractivity contribution in [3.63, 3.8) is 0 Å². The van der Waals surface area contributed by atoms with Gasteiger partial charge in [-0.3, -0.25) is 0 Å². The summed E-state index contributed by atoms with van der Waals surface area (Å²) < 4.78 is 44.6. The van der Waals surface area contributed by atoms with E-state index in [0.29, 0.717) is 67.3 Å². The molecule has 0 spiro atoms.